The third-order valence-electron chi connectivity index (χ3n) is 3.92. The molecule has 0 aliphatic heterocycles. The van der Waals surface area contributed by atoms with E-state index < -0.39 is 11.7 Å². The molecule has 0 fully saturated rings. The number of benzene rings is 2. The van der Waals surface area contributed by atoms with Gasteiger partial charge < -0.3 is 4.42 Å². The Morgan fingerprint density at radius 3 is 2.56 bits per heavy atom. The van der Waals surface area contributed by atoms with Gasteiger partial charge in [-0.3, -0.25) is 0 Å². The fourth-order valence-electron chi connectivity index (χ4n) is 2.58. The van der Waals surface area contributed by atoms with E-state index in [1.807, 2.05) is 31.2 Å². The quantitative estimate of drug-likeness (QED) is 0.414. The normalized spacial score (nSPS) is 12.1. The maximum atomic E-state index is 12.9. The lowest BCUT2D eigenvalue weighted by Gasteiger charge is -2.08. The summed E-state index contributed by atoms with van der Waals surface area (Å²) in [6.45, 7) is 1.97. The largest absolute Gasteiger partial charge is 0.457 e. The zero-order chi connectivity index (χ0) is 19.6. The van der Waals surface area contributed by atoms with Gasteiger partial charge in [-0.05, 0) is 60.5 Å². The van der Waals surface area contributed by atoms with Crippen LogP contribution in [0.15, 0.2) is 63.5 Å². The second-order valence-electron chi connectivity index (χ2n) is 5.93. The van der Waals surface area contributed by atoms with Gasteiger partial charge >= 0.3 is 6.18 Å². The van der Waals surface area contributed by atoms with Crippen LogP contribution < -0.4 is 0 Å². The van der Waals surface area contributed by atoms with Crippen LogP contribution >= 0.6 is 15.9 Å². The Morgan fingerprint density at radius 2 is 1.89 bits per heavy atom. The number of hydrogen-bond donors (Lipinski definition) is 0. The fraction of sp³-hybridized carbons (Fsp3) is 0.0952. The highest BCUT2D eigenvalue weighted by atomic mass is 79.9. The molecular weight excluding hydrogens is 419 g/mol. The molecule has 2 nitrogen and oxygen atoms in total. The lowest BCUT2D eigenvalue weighted by atomic mass is 10.0. The SMILES string of the molecule is Cc1ccc(-c2ccc(/C=C(/C#N)c3cccc(C(F)(F)F)c3)o2)c(Br)c1. The van der Waals surface area contributed by atoms with Crippen molar-refractivity contribution in [3.63, 3.8) is 0 Å². The van der Waals surface area contributed by atoms with Crippen LogP contribution in [0, 0.1) is 18.3 Å². The van der Waals surface area contributed by atoms with Crippen LogP contribution in [-0.2, 0) is 6.18 Å². The number of nitriles is 1. The van der Waals surface area contributed by atoms with Crippen molar-refractivity contribution < 1.29 is 17.6 Å². The van der Waals surface area contributed by atoms with Crippen molar-refractivity contribution in [2.45, 2.75) is 13.1 Å². The zero-order valence-electron chi connectivity index (χ0n) is 14.1. The number of rotatable bonds is 3. The highest BCUT2D eigenvalue weighted by Gasteiger charge is 2.30. The third kappa shape index (κ3) is 4.32. The average Bonchev–Trinajstić information content (AvgIpc) is 3.07. The Hall–Kier alpha value is -2.78. The van der Waals surface area contributed by atoms with Gasteiger partial charge in [0, 0.05) is 10.0 Å². The van der Waals surface area contributed by atoms with E-state index in [0.717, 1.165) is 27.7 Å². The van der Waals surface area contributed by atoms with Gasteiger partial charge in [0.1, 0.15) is 11.5 Å². The molecular formula is C21H13BrF3NO. The Labute approximate surface area is 162 Å². The number of nitrogens with zero attached hydrogens (tertiary/aromatic N) is 1. The minimum Gasteiger partial charge on any atom is -0.457 e. The lowest BCUT2D eigenvalue weighted by molar-refractivity contribution is -0.137. The summed E-state index contributed by atoms with van der Waals surface area (Å²) >= 11 is 3.49. The van der Waals surface area contributed by atoms with Gasteiger partial charge in [-0.25, -0.2) is 0 Å². The van der Waals surface area contributed by atoms with Crippen LogP contribution in [0.1, 0.15) is 22.5 Å². The molecule has 0 spiro atoms. The Bertz CT molecular complexity index is 1060. The van der Waals surface area contributed by atoms with Crippen molar-refractivity contribution in [3.05, 3.63) is 81.5 Å². The molecule has 1 heterocycles. The first-order valence-electron chi connectivity index (χ1n) is 7.94. The summed E-state index contributed by atoms with van der Waals surface area (Å²) in [6.07, 6.45) is -3.03. The number of halogens is 4. The number of allylic oxidation sites excluding steroid dienone is 1. The summed E-state index contributed by atoms with van der Waals surface area (Å²) in [5.41, 5.74) is 1.41. The predicted octanol–water partition coefficient (Wildman–Crippen LogP) is 7.10. The van der Waals surface area contributed by atoms with Gasteiger partial charge in [-0.1, -0.05) is 34.1 Å². The van der Waals surface area contributed by atoms with Crippen molar-refractivity contribution in [1.82, 2.24) is 0 Å². The van der Waals surface area contributed by atoms with Crippen LogP contribution in [-0.4, -0.2) is 0 Å². The van der Waals surface area contributed by atoms with Gasteiger partial charge in [0.15, 0.2) is 0 Å². The summed E-state index contributed by atoms with van der Waals surface area (Å²) in [5, 5.41) is 9.38. The molecule has 0 saturated carbocycles. The maximum absolute atomic E-state index is 12.9. The smallest absolute Gasteiger partial charge is 0.416 e. The van der Waals surface area contributed by atoms with Crippen molar-refractivity contribution >= 4 is 27.6 Å². The topological polar surface area (TPSA) is 36.9 Å². The molecule has 0 amide bonds. The van der Waals surface area contributed by atoms with E-state index in [0.29, 0.717) is 11.5 Å². The molecule has 0 atom stereocenters. The molecule has 0 N–H and O–H groups in total. The van der Waals surface area contributed by atoms with E-state index >= 15 is 0 Å². The van der Waals surface area contributed by atoms with Gasteiger partial charge in [-0.15, -0.1) is 0 Å². The molecule has 0 radical (unpaired) electrons. The van der Waals surface area contributed by atoms with Crippen LogP contribution in [0.2, 0.25) is 0 Å². The van der Waals surface area contributed by atoms with Crippen molar-refractivity contribution in [2.75, 3.05) is 0 Å². The van der Waals surface area contributed by atoms with Gasteiger partial charge in [0.2, 0.25) is 0 Å². The first-order valence-corrected chi connectivity index (χ1v) is 8.73. The van der Waals surface area contributed by atoms with E-state index in [1.54, 1.807) is 12.1 Å². The Balaban J connectivity index is 1.96. The molecule has 0 aliphatic rings. The molecule has 3 aromatic rings. The van der Waals surface area contributed by atoms with E-state index in [9.17, 15) is 18.4 Å². The average molecular weight is 432 g/mol. The molecule has 3 rings (SSSR count). The first-order chi connectivity index (χ1) is 12.8. The summed E-state index contributed by atoms with van der Waals surface area (Å²) in [5.74, 6) is 0.973. The standard InChI is InChI=1S/C21H13BrF3NO/c1-13-5-7-18(19(22)9-13)20-8-6-17(27-20)11-15(12-26)14-3-2-4-16(10-14)21(23,24)25/h2-11H,1H3/b15-11-. The lowest BCUT2D eigenvalue weighted by Crippen LogP contribution is -2.04. The molecule has 27 heavy (non-hydrogen) atoms. The van der Waals surface area contributed by atoms with Gasteiger partial charge in [0.25, 0.3) is 0 Å². The molecule has 0 bridgehead atoms. The summed E-state index contributed by atoms with van der Waals surface area (Å²) in [7, 11) is 0. The predicted molar refractivity (Wildman–Crippen MR) is 102 cm³/mol. The molecule has 2 aromatic carbocycles. The summed E-state index contributed by atoms with van der Waals surface area (Å²) in [4.78, 5) is 0. The number of hydrogen-bond acceptors (Lipinski definition) is 2. The molecule has 0 saturated heterocycles. The number of furan rings is 1. The van der Waals surface area contributed by atoms with E-state index in [2.05, 4.69) is 15.9 Å². The minimum atomic E-state index is -4.47. The Morgan fingerprint density at radius 1 is 1.11 bits per heavy atom. The van der Waals surface area contributed by atoms with Crippen LogP contribution in [0.4, 0.5) is 13.2 Å². The van der Waals surface area contributed by atoms with E-state index in [1.165, 1.54) is 18.2 Å². The first kappa shape index (κ1) is 19.0. The Kier molecular flexibility index (Phi) is 5.24. The molecule has 0 aliphatic carbocycles. The second kappa shape index (κ2) is 7.45. The molecule has 6 heteroatoms. The van der Waals surface area contributed by atoms with Crippen molar-refractivity contribution in [1.29, 1.82) is 5.26 Å². The van der Waals surface area contributed by atoms with Crippen molar-refractivity contribution in [3.8, 4) is 17.4 Å². The van der Waals surface area contributed by atoms with E-state index in [-0.39, 0.29) is 11.1 Å². The molecule has 1 aromatic heterocycles. The molecule has 136 valence electrons. The zero-order valence-corrected chi connectivity index (χ0v) is 15.7. The van der Waals surface area contributed by atoms with Crippen LogP contribution in [0.5, 0.6) is 0 Å². The van der Waals surface area contributed by atoms with Crippen molar-refractivity contribution in [2.24, 2.45) is 0 Å². The maximum Gasteiger partial charge on any atom is 0.416 e. The fourth-order valence-corrected chi connectivity index (χ4v) is 3.27. The summed E-state index contributed by atoms with van der Waals surface area (Å²) in [6, 6.07) is 15.8. The highest BCUT2D eigenvalue weighted by molar-refractivity contribution is 9.10. The second-order valence-corrected chi connectivity index (χ2v) is 6.79. The van der Waals surface area contributed by atoms with Gasteiger partial charge in [0.05, 0.1) is 17.2 Å². The van der Waals surface area contributed by atoms with Crippen LogP contribution in [0.25, 0.3) is 23.0 Å². The number of alkyl halides is 3. The van der Waals surface area contributed by atoms with Gasteiger partial charge in [-0.2, -0.15) is 18.4 Å². The monoisotopic (exact) mass is 431 g/mol. The van der Waals surface area contributed by atoms with Crippen LogP contribution in [0.3, 0.4) is 0 Å². The third-order valence-corrected chi connectivity index (χ3v) is 4.58. The number of aryl methyl sites for hydroxylation is 1. The minimum absolute atomic E-state index is 0.0879. The van der Waals surface area contributed by atoms with E-state index in [4.69, 9.17) is 4.42 Å². The summed E-state index contributed by atoms with van der Waals surface area (Å²) < 4.78 is 45.3. The molecule has 0 unspecified atom stereocenters. The highest BCUT2D eigenvalue weighted by Crippen LogP contribution is 2.33.